The van der Waals surface area contributed by atoms with Gasteiger partial charge in [0, 0.05) is 68.5 Å². The quantitative estimate of drug-likeness (QED) is 0.102. The third-order valence-electron chi connectivity index (χ3n) is 15.9. The minimum absolute atomic E-state index is 0.238. The molecule has 4 aliphatic rings. The van der Waals surface area contributed by atoms with Crippen LogP contribution in [-0.4, -0.2) is 142 Å². The lowest BCUT2D eigenvalue weighted by molar-refractivity contribution is -0.0426. The number of hydrogen-bond donors (Lipinski definition) is 4. The van der Waals surface area contributed by atoms with E-state index in [9.17, 15) is 0 Å². The van der Waals surface area contributed by atoms with Gasteiger partial charge in [0.2, 0.25) is 0 Å². The first-order valence-electron chi connectivity index (χ1n) is 25.2. The summed E-state index contributed by atoms with van der Waals surface area (Å²) in [6, 6.07) is 2.72. The highest BCUT2D eigenvalue weighted by Crippen LogP contribution is 2.39. The molecule has 4 saturated heterocycles. The van der Waals surface area contributed by atoms with Gasteiger partial charge in [-0.2, -0.15) is 0 Å². The molecule has 60 heavy (non-hydrogen) atoms. The van der Waals surface area contributed by atoms with Gasteiger partial charge >= 0.3 is 0 Å². The summed E-state index contributed by atoms with van der Waals surface area (Å²) in [6.45, 7) is 42.8. The summed E-state index contributed by atoms with van der Waals surface area (Å²) in [5.41, 5.74) is 2.08. The first-order chi connectivity index (χ1) is 27.3. The summed E-state index contributed by atoms with van der Waals surface area (Å²) >= 11 is 0. The number of nitrogens with zero attached hydrogens (tertiary/aromatic N) is 4. The molecule has 0 radical (unpaired) electrons. The molecule has 8 nitrogen and oxygen atoms in total. The lowest BCUT2D eigenvalue weighted by atomic mass is 9.77. The van der Waals surface area contributed by atoms with E-state index in [2.05, 4.69) is 180 Å². The molecule has 8 heteroatoms. The predicted molar refractivity (Wildman–Crippen MR) is 265 cm³/mol. The van der Waals surface area contributed by atoms with Crippen molar-refractivity contribution in [1.82, 2.24) is 40.9 Å². The number of piperidine rings is 4. The van der Waals surface area contributed by atoms with E-state index in [1.54, 1.807) is 0 Å². The Labute approximate surface area is 376 Å². The topological polar surface area (TPSA) is 61.1 Å². The Kier molecular flexibility index (Phi) is 19.2. The van der Waals surface area contributed by atoms with E-state index in [0.29, 0.717) is 24.2 Å². The van der Waals surface area contributed by atoms with Crippen LogP contribution in [0.1, 0.15) is 214 Å². The minimum Gasteiger partial charge on any atom is -0.314 e. The third-order valence-corrected chi connectivity index (χ3v) is 15.9. The van der Waals surface area contributed by atoms with E-state index in [4.69, 9.17) is 0 Å². The van der Waals surface area contributed by atoms with Gasteiger partial charge in [-0.15, -0.1) is 0 Å². The van der Waals surface area contributed by atoms with Crippen LogP contribution in [0.15, 0.2) is 0 Å². The summed E-state index contributed by atoms with van der Waals surface area (Å²) in [5.74, 6) is 0. The number of unbranched alkanes of at least 4 members (excludes halogenated alkanes) is 6. The maximum absolute atomic E-state index is 3.89. The normalized spacial score (nSPS) is 26.9. The van der Waals surface area contributed by atoms with Crippen LogP contribution in [0.5, 0.6) is 0 Å². The molecule has 4 fully saturated rings. The standard InChI is InChI=1S/C27H56N4.C25H52N4/c1-24(2)18-22(19-25(3,4)30(24)10)28-16-14-12-13-15-17-29(9)23-20-26(5,6)31(11)27(7,8)21-23;1-22(2)16-20(17-23(3,4)27-22)26-14-12-10-11-13-15-29(9)21-18-24(5,6)28-25(7,8)19-21/h22-23,28H,12-21H2,1-11H3;20-21,26-28H,10-19H2,1-9H3. The van der Waals surface area contributed by atoms with Crippen LogP contribution < -0.4 is 21.3 Å². The second kappa shape index (κ2) is 21.3. The molecule has 0 saturated carbocycles. The van der Waals surface area contributed by atoms with Crippen molar-refractivity contribution in [3.63, 3.8) is 0 Å². The number of hydrogen-bond acceptors (Lipinski definition) is 8. The zero-order chi connectivity index (χ0) is 45.6. The van der Waals surface area contributed by atoms with Crippen LogP contribution >= 0.6 is 0 Å². The smallest absolute Gasteiger partial charge is 0.0170 e. The summed E-state index contributed by atoms with van der Waals surface area (Å²) in [7, 11) is 9.29. The summed E-state index contributed by atoms with van der Waals surface area (Å²) < 4.78 is 0. The molecule has 4 N–H and O–H groups in total. The highest BCUT2D eigenvalue weighted by atomic mass is 15.3. The van der Waals surface area contributed by atoms with Gasteiger partial charge in [0.15, 0.2) is 0 Å². The van der Waals surface area contributed by atoms with Gasteiger partial charge < -0.3 is 31.1 Å². The first kappa shape index (κ1) is 54.0. The molecule has 0 atom stereocenters. The lowest BCUT2D eigenvalue weighted by Gasteiger charge is -2.55. The van der Waals surface area contributed by atoms with Gasteiger partial charge in [-0.1, -0.05) is 25.7 Å². The highest BCUT2D eigenvalue weighted by Gasteiger charge is 2.45. The second-order valence-electron chi connectivity index (χ2n) is 26.2. The maximum Gasteiger partial charge on any atom is 0.0170 e. The average molecular weight is 845 g/mol. The van der Waals surface area contributed by atoms with Crippen molar-refractivity contribution < 1.29 is 0 Å². The molecule has 0 unspecified atom stereocenters. The van der Waals surface area contributed by atoms with Crippen molar-refractivity contribution in [1.29, 1.82) is 0 Å². The van der Waals surface area contributed by atoms with Crippen molar-refractivity contribution >= 4 is 0 Å². The number of nitrogens with one attached hydrogen (secondary N) is 4. The summed E-state index contributed by atoms with van der Waals surface area (Å²) in [5, 5.41) is 15.3. The molecular formula is C52H108N8. The van der Waals surface area contributed by atoms with Gasteiger partial charge in [-0.05, 0) is 242 Å². The zero-order valence-electron chi connectivity index (χ0n) is 44.2. The van der Waals surface area contributed by atoms with Crippen LogP contribution in [0.3, 0.4) is 0 Å². The average Bonchev–Trinajstić information content (AvgIpc) is 3.05. The number of rotatable bonds is 18. The van der Waals surface area contributed by atoms with Crippen molar-refractivity contribution in [2.75, 3.05) is 54.4 Å². The van der Waals surface area contributed by atoms with Crippen LogP contribution in [0.25, 0.3) is 0 Å². The molecule has 0 bridgehead atoms. The van der Waals surface area contributed by atoms with Crippen molar-refractivity contribution in [3.05, 3.63) is 0 Å². The van der Waals surface area contributed by atoms with Gasteiger partial charge in [0.1, 0.15) is 0 Å². The van der Waals surface area contributed by atoms with Crippen LogP contribution in [0.2, 0.25) is 0 Å². The lowest BCUT2D eigenvalue weighted by Crippen LogP contribution is -2.62. The molecule has 0 amide bonds. The van der Waals surface area contributed by atoms with E-state index in [0.717, 1.165) is 0 Å². The molecular weight excluding hydrogens is 737 g/mol. The van der Waals surface area contributed by atoms with E-state index < -0.39 is 0 Å². The molecule has 356 valence electrons. The Morgan fingerprint density at radius 2 is 0.683 bits per heavy atom. The van der Waals surface area contributed by atoms with Gasteiger partial charge in [0.05, 0.1) is 0 Å². The molecule has 0 spiro atoms. The largest absolute Gasteiger partial charge is 0.314 e. The van der Waals surface area contributed by atoms with Crippen molar-refractivity contribution in [2.24, 2.45) is 0 Å². The highest BCUT2D eigenvalue weighted by molar-refractivity contribution is 5.03. The minimum atomic E-state index is 0.238. The fraction of sp³-hybridized carbons (Fsp3) is 1.00. The molecule has 4 aliphatic heterocycles. The summed E-state index contributed by atoms with van der Waals surface area (Å²) in [6.07, 6.45) is 20.7. The number of likely N-dealkylation sites (tertiary alicyclic amines) is 2. The molecule has 4 heterocycles. The zero-order valence-corrected chi connectivity index (χ0v) is 44.2. The van der Waals surface area contributed by atoms with Crippen LogP contribution in [0.4, 0.5) is 0 Å². The SMILES string of the molecule is CN(CCCCCCNC1CC(C)(C)N(C)C(C)(C)C1)C1CC(C)(C)N(C)C(C)(C)C1.CN(CCCCCCNC1CC(C)(C)NC(C)(C)C1)C1CC(C)(C)NC(C)(C)C1. The molecule has 0 aromatic rings. The second-order valence-corrected chi connectivity index (χ2v) is 26.2. The molecule has 0 aliphatic carbocycles. The van der Waals surface area contributed by atoms with Gasteiger partial charge in [-0.3, -0.25) is 9.80 Å². The fourth-order valence-corrected chi connectivity index (χ4v) is 12.8. The van der Waals surface area contributed by atoms with Crippen LogP contribution in [-0.2, 0) is 0 Å². The maximum atomic E-state index is 3.89. The molecule has 0 aromatic carbocycles. The van der Waals surface area contributed by atoms with Crippen LogP contribution in [0, 0.1) is 0 Å². The first-order valence-corrected chi connectivity index (χ1v) is 25.2. The van der Waals surface area contributed by atoms with Crippen molar-refractivity contribution in [3.8, 4) is 0 Å². The Morgan fingerprint density at radius 1 is 0.400 bits per heavy atom. The van der Waals surface area contributed by atoms with E-state index in [1.165, 1.54) is 129 Å². The monoisotopic (exact) mass is 845 g/mol. The Bertz CT molecular complexity index is 1200. The van der Waals surface area contributed by atoms with E-state index in [1.807, 2.05) is 0 Å². The Balaban J connectivity index is 0.000000321. The molecule has 0 aromatic heterocycles. The molecule has 4 rings (SSSR count). The van der Waals surface area contributed by atoms with Gasteiger partial charge in [-0.25, -0.2) is 0 Å². The Morgan fingerprint density at radius 3 is 1.05 bits per heavy atom. The third kappa shape index (κ3) is 17.2. The fourth-order valence-electron chi connectivity index (χ4n) is 12.8. The Hall–Kier alpha value is -0.320. The predicted octanol–water partition coefficient (Wildman–Crippen LogP) is 10.1. The van der Waals surface area contributed by atoms with Crippen molar-refractivity contribution in [2.45, 2.75) is 282 Å². The van der Waals surface area contributed by atoms with Gasteiger partial charge in [0.25, 0.3) is 0 Å². The van der Waals surface area contributed by atoms with E-state index >= 15 is 0 Å². The van der Waals surface area contributed by atoms with E-state index in [-0.39, 0.29) is 44.3 Å². The summed E-state index contributed by atoms with van der Waals surface area (Å²) in [4.78, 5) is 10.4.